The molecule has 0 aliphatic carbocycles. The Morgan fingerprint density at radius 1 is 1.13 bits per heavy atom. The Bertz CT molecular complexity index is 1230. The summed E-state index contributed by atoms with van der Waals surface area (Å²) < 4.78 is 16.0. The van der Waals surface area contributed by atoms with Crippen molar-refractivity contribution in [3.63, 3.8) is 0 Å². The summed E-state index contributed by atoms with van der Waals surface area (Å²) in [4.78, 5) is 29.4. The van der Waals surface area contributed by atoms with Gasteiger partial charge in [0.05, 0.1) is 24.3 Å². The lowest BCUT2D eigenvalue weighted by atomic mass is 10.1. The van der Waals surface area contributed by atoms with E-state index in [4.69, 9.17) is 0 Å². The Morgan fingerprint density at radius 2 is 1.87 bits per heavy atom. The summed E-state index contributed by atoms with van der Waals surface area (Å²) >= 11 is 0. The number of benzene rings is 2. The molecule has 7 nitrogen and oxygen atoms in total. The lowest BCUT2D eigenvalue weighted by Crippen LogP contribution is -2.29. The lowest BCUT2D eigenvalue weighted by Gasteiger charge is -2.14. The molecular weight excluding hydrogens is 385 g/mol. The van der Waals surface area contributed by atoms with E-state index < -0.39 is 0 Å². The Hall–Kier alpha value is -3.81. The van der Waals surface area contributed by atoms with Crippen LogP contribution in [0.4, 0.5) is 4.39 Å². The minimum atomic E-state index is -0.356. The second-order valence-corrected chi connectivity index (χ2v) is 6.96. The van der Waals surface area contributed by atoms with Gasteiger partial charge in [-0.1, -0.05) is 30.3 Å². The van der Waals surface area contributed by atoms with Gasteiger partial charge in [0.2, 0.25) is 5.91 Å². The van der Waals surface area contributed by atoms with E-state index in [2.05, 4.69) is 15.4 Å². The van der Waals surface area contributed by atoms with Crippen molar-refractivity contribution in [1.29, 1.82) is 0 Å². The third-order valence-corrected chi connectivity index (χ3v) is 4.88. The van der Waals surface area contributed by atoms with Crippen LogP contribution in [0.5, 0.6) is 0 Å². The number of halogens is 1. The summed E-state index contributed by atoms with van der Waals surface area (Å²) in [5.41, 5.74) is 1.71. The summed E-state index contributed by atoms with van der Waals surface area (Å²) in [5.74, 6) is -0.509. The van der Waals surface area contributed by atoms with Crippen LogP contribution in [-0.2, 0) is 11.3 Å². The van der Waals surface area contributed by atoms with Gasteiger partial charge in [0.25, 0.3) is 5.56 Å². The SMILES string of the molecule is C[C@@H](NC(=O)CCn1cnc2c(cnn2-c2ccc(F)cc2)c1=O)c1ccccc1. The molecular formula is C22H20FN5O2. The molecule has 8 heteroatoms. The van der Waals surface area contributed by atoms with Gasteiger partial charge in [0.15, 0.2) is 5.65 Å². The smallest absolute Gasteiger partial charge is 0.264 e. The third-order valence-electron chi connectivity index (χ3n) is 4.88. The molecule has 152 valence electrons. The number of nitrogens with one attached hydrogen (secondary N) is 1. The van der Waals surface area contributed by atoms with Gasteiger partial charge in [-0.3, -0.25) is 14.2 Å². The molecule has 1 N–H and O–H groups in total. The molecule has 0 unspecified atom stereocenters. The predicted molar refractivity (Wildman–Crippen MR) is 111 cm³/mol. The number of aromatic nitrogens is 4. The van der Waals surface area contributed by atoms with Crippen LogP contribution >= 0.6 is 0 Å². The van der Waals surface area contributed by atoms with Gasteiger partial charge in [-0.05, 0) is 36.8 Å². The minimum absolute atomic E-state index is 0.120. The summed E-state index contributed by atoms with van der Waals surface area (Å²) in [7, 11) is 0. The topological polar surface area (TPSA) is 81.8 Å². The van der Waals surface area contributed by atoms with Gasteiger partial charge in [0, 0.05) is 13.0 Å². The van der Waals surface area contributed by atoms with E-state index in [-0.39, 0.29) is 36.3 Å². The average Bonchev–Trinajstić information content (AvgIpc) is 3.19. The highest BCUT2D eigenvalue weighted by Gasteiger charge is 2.13. The van der Waals surface area contributed by atoms with Gasteiger partial charge < -0.3 is 5.32 Å². The Kier molecular flexibility index (Phi) is 5.38. The van der Waals surface area contributed by atoms with Crippen molar-refractivity contribution in [2.45, 2.75) is 25.9 Å². The molecule has 0 aliphatic rings. The zero-order chi connectivity index (χ0) is 21.1. The summed E-state index contributed by atoms with van der Waals surface area (Å²) in [6.07, 6.45) is 2.98. The van der Waals surface area contributed by atoms with Crippen LogP contribution in [0.25, 0.3) is 16.7 Å². The fraction of sp³-hybridized carbons (Fsp3) is 0.182. The molecule has 30 heavy (non-hydrogen) atoms. The first-order valence-electron chi connectivity index (χ1n) is 9.56. The zero-order valence-electron chi connectivity index (χ0n) is 16.3. The van der Waals surface area contributed by atoms with Crippen LogP contribution < -0.4 is 10.9 Å². The number of aryl methyl sites for hydroxylation is 1. The molecule has 4 aromatic rings. The molecule has 0 aliphatic heterocycles. The quantitative estimate of drug-likeness (QED) is 0.535. The van der Waals surface area contributed by atoms with Crippen LogP contribution in [0, 0.1) is 5.82 Å². The number of nitrogens with zero attached hydrogens (tertiary/aromatic N) is 4. The van der Waals surface area contributed by atoms with Crippen LogP contribution in [0.2, 0.25) is 0 Å². The summed E-state index contributed by atoms with van der Waals surface area (Å²) in [6, 6.07) is 15.3. The maximum absolute atomic E-state index is 13.2. The number of rotatable bonds is 6. The second kappa shape index (κ2) is 8.28. The van der Waals surface area contributed by atoms with E-state index in [1.807, 2.05) is 37.3 Å². The van der Waals surface area contributed by atoms with E-state index in [0.29, 0.717) is 16.7 Å². The molecule has 0 bridgehead atoms. The largest absolute Gasteiger partial charge is 0.350 e. The summed E-state index contributed by atoms with van der Waals surface area (Å²) in [5, 5.41) is 7.47. The van der Waals surface area contributed by atoms with Crippen LogP contribution in [0.3, 0.4) is 0 Å². The Balaban J connectivity index is 1.47. The first kappa shape index (κ1) is 19.5. The highest BCUT2D eigenvalue weighted by molar-refractivity contribution is 5.77. The van der Waals surface area contributed by atoms with E-state index in [9.17, 15) is 14.0 Å². The fourth-order valence-corrected chi connectivity index (χ4v) is 3.24. The van der Waals surface area contributed by atoms with Crippen molar-refractivity contribution < 1.29 is 9.18 Å². The molecule has 0 saturated carbocycles. The van der Waals surface area contributed by atoms with Gasteiger partial charge in [0.1, 0.15) is 11.2 Å². The van der Waals surface area contributed by atoms with E-state index in [1.165, 1.54) is 33.9 Å². The molecule has 2 aromatic carbocycles. The summed E-state index contributed by atoms with van der Waals surface area (Å²) in [6.45, 7) is 2.12. The highest BCUT2D eigenvalue weighted by Crippen LogP contribution is 2.14. The number of hydrogen-bond acceptors (Lipinski definition) is 4. The van der Waals surface area contributed by atoms with Crippen molar-refractivity contribution in [1.82, 2.24) is 24.6 Å². The number of fused-ring (bicyclic) bond motifs is 1. The standard InChI is InChI=1S/C22H20FN5O2/c1-15(16-5-3-2-4-6-16)26-20(29)11-12-27-14-24-21-19(22(27)30)13-25-28(21)18-9-7-17(23)8-10-18/h2-10,13-15H,11-12H2,1H3,(H,26,29)/t15-/m1/s1. The Labute approximate surface area is 171 Å². The van der Waals surface area contributed by atoms with Gasteiger partial charge in [-0.2, -0.15) is 5.10 Å². The molecule has 0 radical (unpaired) electrons. The molecule has 2 heterocycles. The normalized spacial score (nSPS) is 12.1. The maximum atomic E-state index is 13.2. The molecule has 0 saturated heterocycles. The first-order chi connectivity index (χ1) is 14.5. The highest BCUT2D eigenvalue weighted by atomic mass is 19.1. The number of carbonyl (C=O) groups is 1. The van der Waals surface area contributed by atoms with Crippen molar-refractivity contribution in [3.05, 3.63) is 88.9 Å². The van der Waals surface area contributed by atoms with Crippen molar-refractivity contribution >= 4 is 16.9 Å². The van der Waals surface area contributed by atoms with E-state index in [0.717, 1.165) is 5.56 Å². The molecule has 0 spiro atoms. The minimum Gasteiger partial charge on any atom is -0.350 e. The van der Waals surface area contributed by atoms with Crippen molar-refractivity contribution in [2.24, 2.45) is 0 Å². The van der Waals surface area contributed by atoms with Gasteiger partial charge in [-0.15, -0.1) is 0 Å². The molecule has 4 rings (SSSR count). The van der Waals surface area contributed by atoms with E-state index in [1.54, 1.807) is 12.1 Å². The van der Waals surface area contributed by atoms with Crippen molar-refractivity contribution in [3.8, 4) is 5.69 Å². The lowest BCUT2D eigenvalue weighted by molar-refractivity contribution is -0.121. The van der Waals surface area contributed by atoms with Gasteiger partial charge in [-0.25, -0.2) is 14.1 Å². The fourth-order valence-electron chi connectivity index (χ4n) is 3.24. The molecule has 0 fully saturated rings. The predicted octanol–water partition coefficient (Wildman–Crippen LogP) is 2.99. The Morgan fingerprint density at radius 3 is 2.60 bits per heavy atom. The van der Waals surface area contributed by atoms with Crippen molar-refractivity contribution in [2.75, 3.05) is 0 Å². The third kappa shape index (κ3) is 3.98. The second-order valence-electron chi connectivity index (χ2n) is 6.96. The molecule has 1 amide bonds. The van der Waals surface area contributed by atoms with Gasteiger partial charge >= 0.3 is 0 Å². The zero-order valence-corrected chi connectivity index (χ0v) is 16.3. The van der Waals surface area contributed by atoms with Crippen LogP contribution in [0.1, 0.15) is 24.9 Å². The van der Waals surface area contributed by atoms with Crippen LogP contribution in [0.15, 0.2) is 71.9 Å². The van der Waals surface area contributed by atoms with E-state index >= 15 is 0 Å². The first-order valence-corrected chi connectivity index (χ1v) is 9.56. The maximum Gasteiger partial charge on any atom is 0.264 e. The number of amides is 1. The molecule has 2 aromatic heterocycles. The number of hydrogen-bond donors (Lipinski definition) is 1. The molecule has 1 atom stereocenters. The average molecular weight is 405 g/mol. The van der Waals surface area contributed by atoms with Crippen LogP contribution in [-0.4, -0.2) is 25.2 Å². The number of carbonyl (C=O) groups excluding carboxylic acids is 1. The monoisotopic (exact) mass is 405 g/mol.